The molecule has 0 spiro atoms. The maximum atomic E-state index is 5.69. The van der Waals surface area contributed by atoms with E-state index in [0.717, 1.165) is 11.3 Å². The van der Waals surface area contributed by atoms with Crippen LogP contribution in [0.25, 0.3) is 0 Å². The van der Waals surface area contributed by atoms with Gasteiger partial charge < -0.3 is 15.0 Å². The number of thiocarbonyl (C=S) groups is 1. The van der Waals surface area contributed by atoms with Gasteiger partial charge in [-0.3, -0.25) is 0 Å². The quantitative estimate of drug-likeness (QED) is 0.625. The van der Waals surface area contributed by atoms with E-state index in [-0.39, 0.29) is 6.04 Å². The van der Waals surface area contributed by atoms with Gasteiger partial charge in [0.15, 0.2) is 5.11 Å². The zero-order chi connectivity index (χ0) is 19.1. The zero-order valence-electron chi connectivity index (χ0n) is 15.6. The smallest absolute Gasteiger partial charge is 0.169 e. The Morgan fingerprint density at radius 3 is 1.89 bits per heavy atom. The second-order valence-electron chi connectivity index (χ2n) is 6.34. The van der Waals surface area contributed by atoms with Gasteiger partial charge in [-0.2, -0.15) is 0 Å². The van der Waals surface area contributed by atoms with Crippen LogP contribution >= 0.6 is 12.2 Å². The Balaban J connectivity index is 1.75. The molecule has 1 N–H and O–H groups in total. The van der Waals surface area contributed by atoms with Gasteiger partial charge in [-0.25, -0.2) is 0 Å². The SMILES string of the molecule is COc1ccc(CNC(=S)N(C)C(c2ccccc2)c2ccccc2)cc1. The fourth-order valence-electron chi connectivity index (χ4n) is 3.07. The molecule has 0 saturated heterocycles. The summed E-state index contributed by atoms with van der Waals surface area (Å²) in [6.07, 6.45) is 0. The van der Waals surface area contributed by atoms with Gasteiger partial charge in [0.05, 0.1) is 13.2 Å². The van der Waals surface area contributed by atoms with Crippen molar-refractivity contribution in [2.45, 2.75) is 12.6 Å². The number of benzene rings is 3. The van der Waals surface area contributed by atoms with Crippen LogP contribution in [0.1, 0.15) is 22.7 Å². The van der Waals surface area contributed by atoms with E-state index in [1.54, 1.807) is 7.11 Å². The van der Waals surface area contributed by atoms with Gasteiger partial charge >= 0.3 is 0 Å². The number of nitrogens with zero attached hydrogens (tertiary/aromatic N) is 1. The first kappa shape index (κ1) is 18.9. The van der Waals surface area contributed by atoms with Crippen LogP contribution in [0.2, 0.25) is 0 Å². The van der Waals surface area contributed by atoms with E-state index < -0.39 is 0 Å². The number of methoxy groups -OCH3 is 1. The van der Waals surface area contributed by atoms with Crippen LogP contribution in [-0.2, 0) is 6.54 Å². The lowest BCUT2D eigenvalue weighted by atomic mass is 9.98. The first-order valence-electron chi connectivity index (χ1n) is 8.92. The number of nitrogens with one attached hydrogen (secondary N) is 1. The molecule has 0 amide bonds. The average molecular weight is 377 g/mol. The summed E-state index contributed by atoms with van der Waals surface area (Å²) in [6.45, 7) is 0.670. The molecule has 0 bridgehead atoms. The van der Waals surface area contributed by atoms with Crippen LogP contribution in [0.4, 0.5) is 0 Å². The minimum Gasteiger partial charge on any atom is -0.497 e. The van der Waals surface area contributed by atoms with E-state index in [1.165, 1.54) is 11.1 Å². The van der Waals surface area contributed by atoms with E-state index in [2.05, 4.69) is 58.7 Å². The van der Waals surface area contributed by atoms with Crippen LogP contribution in [0, 0.1) is 0 Å². The average Bonchev–Trinajstić information content (AvgIpc) is 2.74. The van der Waals surface area contributed by atoms with Gasteiger partial charge in [0.2, 0.25) is 0 Å². The maximum Gasteiger partial charge on any atom is 0.169 e. The number of rotatable bonds is 6. The highest BCUT2D eigenvalue weighted by molar-refractivity contribution is 7.80. The fraction of sp³-hybridized carbons (Fsp3) is 0.174. The largest absolute Gasteiger partial charge is 0.497 e. The third-order valence-electron chi connectivity index (χ3n) is 4.54. The van der Waals surface area contributed by atoms with E-state index in [1.807, 2.05) is 43.4 Å². The predicted molar refractivity (Wildman–Crippen MR) is 115 cm³/mol. The molecular weight excluding hydrogens is 352 g/mol. The Morgan fingerprint density at radius 1 is 0.889 bits per heavy atom. The molecule has 0 aliphatic carbocycles. The summed E-state index contributed by atoms with van der Waals surface area (Å²) in [5.74, 6) is 0.853. The topological polar surface area (TPSA) is 24.5 Å². The van der Waals surface area contributed by atoms with Crippen LogP contribution in [0.3, 0.4) is 0 Å². The van der Waals surface area contributed by atoms with Gasteiger partial charge in [0, 0.05) is 13.6 Å². The fourth-order valence-corrected chi connectivity index (χ4v) is 3.25. The molecule has 0 aliphatic rings. The van der Waals surface area contributed by atoms with Crippen molar-refractivity contribution < 1.29 is 4.74 Å². The van der Waals surface area contributed by atoms with Crippen LogP contribution < -0.4 is 10.1 Å². The molecule has 3 aromatic carbocycles. The molecule has 0 atom stereocenters. The molecule has 0 unspecified atom stereocenters. The maximum absolute atomic E-state index is 5.69. The van der Waals surface area contributed by atoms with Crippen molar-refractivity contribution in [2.24, 2.45) is 0 Å². The summed E-state index contributed by atoms with van der Waals surface area (Å²) in [5, 5.41) is 4.08. The highest BCUT2D eigenvalue weighted by Crippen LogP contribution is 2.27. The molecule has 3 aromatic rings. The lowest BCUT2D eigenvalue weighted by Crippen LogP contribution is -2.39. The third kappa shape index (κ3) is 4.86. The molecular formula is C23H24N2OS. The van der Waals surface area contributed by atoms with Crippen LogP contribution in [0.15, 0.2) is 84.9 Å². The highest BCUT2D eigenvalue weighted by atomic mass is 32.1. The van der Waals surface area contributed by atoms with Crippen LogP contribution in [0.5, 0.6) is 5.75 Å². The van der Waals surface area contributed by atoms with E-state index >= 15 is 0 Å². The molecule has 0 aromatic heterocycles. The van der Waals surface area contributed by atoms with E-state index in [4.69, 9.17) is 17.0 Å². The lowest BCUT2D eigenvalue weighted by molar-refractivity contribution is 0.414. The summed E-state index contributed by atoms with van der Waals surface area (Å²) < 4.78 is 5.21. The molecule has 0 aliphatic heterocycles. The molecule has 0 fully saturated rings. The molecule has 0 heterocycles. The van der Waals surface area contributed by atoms with Crippen molar-refractivity contribution in [3.63, 3.8) is 0 Å². The van der Waals surface area contributed by atoms with Crippen molar-refractivity contribution in [3.8, 4) is 5.75 Å². The molecule has 0 radical (unpaired) electrons. The Labute approximate surface area is 166 Å². The molecule has 27 heavy (non-hydrogen) atoms. The Hall–Kier alpha value is -2.85. The summed E-state index contributed by atoms with van der Waals surface area (Å²) >= 11 is 5.69. The van der Waals surface area contributed by atoms with Gasteiger partial charge in [-0.05, 0) is 41.0 Å². The minimum atomic E-state index is 0.0586. The highest BCUT2D eigenvalue weighted by Gasteiger charge is 2.21. The normalized spacial score (nSPS) is 10.5. The van der Waals surface area contributed by atoms with E-state index in [9.17, 15) is 0 Å². The summed E-state index contributed by atoms with van der Waals surface area (Å²) in [5.41, 5.74) is 3.57. The van der Waals surface area contributed by atoms with E-state index in [0.29, 0.717) is 11.7 Å². The lowest BCUT2D eigenvalue weighted by Gasteiger charge is -2.31. The van der Waals surface area contributed by atoms with Crippen molar-refractivity contribution >= 4 is 17.3 Å². The van der Waals surface area contributed by atoms with Crippen LogP contribution in [-0.4, -0.2) is 24.2 Å². The molecule has 3 nitrogen and oxygen atoms in total. The van der Waals surface area contributed by atoms with Gasteiger partial charge in [-0.15, -0.1) is 0 Å². The minimum absolute atomic E-state index is 0.0586. The Morgan fingerprint density at radius 2 is 1.41 bits per heavy atom. The summed E-state index contributed by atoms with van der Waals surface area (Å²) in [4.78, 5) is 2.11. The molecule has 0 saturated carbocycles. The monoisotopic (exact) mass is 376 g/mol. The van der Waals surface area contributed by atoms with Gasteiger partial charge in [0.1, 0.15) is 5.75 Å². The first-order chi connectivity index (χ1) is 13.2. The van der Waals surface area contributed by atoms with Crippen molar-refractivity contribution in [1.82, 2.24) is 10.2 Å². The van der Waals surface area contributed by atoms with Crippen molar-refractivity contribution in [2.75, 3.05) is 14.2 Å². The molecule has 3 rings (SSSR count). The molecule has 138 valence electrons. The van der Waals surface area contributed by atoms with Crippen molar-refractivity contribution in [3.05, 3.63) is 102 Å². The van der Waals surface area contributed by atoms with Gasteiger partial charge in [0.25, 0.3) is 0 Å². The Kier molecular flexibility index (Phi) is 6.44. The predicted octanol–water partition coefficient (Wildman–Crippen LogP) is 4.79. The second-order valence-corrected chi connectivity index (χ2v) is 6.73. The summed E-state index contributed by atoms with van der Waals surface area (Å²) in [7, 11) is 3.71. The number of hydrogen-bond donors (Lipinski definition) is 1. The standard InChI is InChI=1S/C23H24N2OS/c1-25(23(27)24-17-18-13-15-21(26-2)16-14-18)22(19-9-5-3-6-10-19)20-11-7-4-8-12-20/h3-16,22H,17H2,1-2H3,(H,24,27). The van der Waals surface area contributed by atoms with Crippen molar-refractivity contribution in [1.29, 1.82) is 0 Å². The van der Waals surface area contributed by atoms with Gasteiger partial charge in [-0.1, -0.05) is 72.8 Å². The summed E-state index contributed by atoms with van der Waals surface area (Å²) in [6, 6.07) is 28.9. The number of ether oxygens (including phenoxy) is 1. The first-order valence-corrected chi connectivity index (χ1v) is 9.33. The third-order valence-corrected chi connectivity index (χ3v) is 4.97. The number of hydrogen-bond acceptors (Lipinski definition) is 2. The molecule has 4 heteroatoms. The Bertz CT molecular complexity index is 811. The second kappa shape index (κ2) is 9.19. The zero-order valence-corrected chi connectivity index (χ0v) is 16.4.